The SMILES string of the molecule is C=C.COc1ccnc(C(=O)N[C@H]2COCC(CC3=CCCC=C3)CC(C)OC2=O)c1OCOC(C)=O. The standard InChI is InChI=1S/C25H32N2O8.C2H4/c1-16-11-19(12-18-7-5-4-6-8-18)13-32-14-20(25(30)35-16)27-24(29)22-23(34-15-33-17(2)28)21(31-3)9-10-26-22;1-2/h5,7-10,16,19-20H,4,6,11-15H2,1-3H3,(H,27,29);1-2H2/t16?,19?,20-;/m0./s1. The van der Waals surface area contributed by atoms with Gasteiger partial charge < -0.3 is 29.0 Å². The second kappa shape index (κ2) is 15.5. The van der Waals surface area contributed by atoms with Crippen LogP contribution in [0, 0.1) is 5.92 Å². The molecule has 10 nitrogen and oxygen atoms in total. The summed E-state index contributed by atoms with van der Waals surface area (Å²) in [6.07, 6.45) is 11.1. The largest absolute Gasteiger partial charge is 0.493 e. The third-order valence-electron chi connectivity index (χ3n) is 5.58. The van der Waals surface area contributed by atoms with E-state index < -0.39 is 30.7 Å². The van der Waals surface area contributed by atoms with Crippen LogP contribution in [0.2, 0.25) is 0 Å². The quantitative estimate of drug-likeness (QED) is 0.314. The van der Waals surface area contributed by atoms with Gasteiger partial charge in [0.1, 0.15) is 0 Å². The Morgan fingerprint density at radius 3 is 2.70 bits per heavy atom. The first-order valence-electron chi connectivity index (χ1n) is 12.1. The monoisotopic (exact) mass is 516 g/mol. The van der Waals surface area contributed by atoms with Gasteiger partial charge in [-0.2, -0.15) is 0 Å². The molecule has 1 aromatic heterocycles. The average molecular weight is 517 g/mol. The Hall–Kier alpha value is -3.66. The van der Waals surface area contributed by atoms with Crippen LogP contribution in [0.15, 0.2) is 49.2 Å². The van der Waals surface area contributed by atoms with E-state index in [1.807, 2.05) is 6.92 Å². The van der Waals surface area contributed by atoms with Crippen LogP contribution in [-0.4, -0.2) is 62.1 Å². The van der Waals surface area contributed by atoms with Crippen LogP contribution in [0.4, 0.5) is 0 Å². The van der Waals surface area contributed by atoms with E-state index in [1.54, 1.807) is 0 Å². The molecule has 1 aliphatic carbocycles. The summed E-state index contributed by atoms with van der Waals surface area (Å²) < 4.78 is 26.9. The summed E-state index contributed by atoms with van der Waals surface area (Å²) in [4.78, 5) is 40.9. The van der Waals surface area contributed by atoms with Crippen LogP contribution >= 0.6 is 0 Å². The first-order valence-corrected chi connectivity index (χ1v) is 12.1. The number of ether oxygens (including phenoxy) is 5. The predicted molar refractivity (Wildman–Crippen MR) is 136 cm³/mol. The fourth-order valence-electron chi connectivity index (χ4n) is 3.97. The molecule has 0 aromatic carbocycles. The fraction of sp³-hybridized carbons (Fsp3) is 0.481. The number of pyridine rings is 1. The number of methoxy groups -OCH3 is 1. The molecule has 3 rings (SSSR count). The molecular formula is C27H36N2O8. The smallest absolute Gasteiger partial charge is 0.331 e. The summed E-state index contributed by atoms with van der Waals surface area (Å²) in [5.41, 5.74) is 1.13. The van der Waals surface area contributed by atoms with Gasteiger partial charge in [-0.25, -0.2) is 9.78 Å². The normalized spacial score (nSPS) is 21.4. The molecule has 1 fully saturated rings. The lowest BCUT2D eigenvalue weighted by Crippen LogP contribution is -2.45. The van der Waals surface area contributed by atoms with Gasteiger partial charge in [0.2, 0.25) is 6.79 Å². The van der Waals surface area contributed by atoms with E-state index >= 15 is 0 Å². The Kier molecular flexibility index (Phi) is 12.3. The van der Waals surface area contributed by atoms with E-state index in [1.165, 1.54) is 31.9 Å². The highest BCUT2D eigenvalue weighted by atomic mass is 16.7. The van der Waals surface area contributed by atoms with Crippen molar-refractivity contribution in [3.8, 4) is 11.5 Å². The van der Waals surface area contributed by atoms with Crippen molar-refractivity contribution in [2.24, 2.45) is 5.92 Å². The molecule has 2 heterocycles. The highest BCUT2D eigenvalue weighted by Gasteiger charge is 2.30. The number of carbonyl (C=O) groups is 3. The van der Waals surface area contributed by atoms with Gasteiger partial charge in [-0.1, -0.05) is 23.8 Å². The molecule has 202 valence electrons. The van der Waals surface area contributed by atoms with Gasteiger partial charge in [0.15, 0.2) is 23.2 Å². The Morgan fingerprint density at radius 1 is 1.24 bits per heavy atom. The van der Waals surface area contributed by atoms with Crippen molar-refractivity contribution in [2.75, 3.05) is 27.1 Å². The number of esters is 2. The molecule has 1 amide bonds. The highest BCUT2D eigenvalue weighted by Crippen LogP contribution is 2.30. The van der Waals surface area contributed by atoms with Crippen molar-refractivity contribution in [3.05, 3.63) is 54.9 Å². The number of nitrogens with one attached hydrogen (secondary N) is 1. The molecule has 0 spiro atoms. The molecular weight excluding hydrogens is 480 g/mol. The van der Waals surface area contributed by atoms with Crippen molar-refractivity contribution in [2.45, 2.75) is 51.7 Å². The maximum atomic E-state index is 13.0. The maximum absolute atomic E-state index is 13.0. The number of allylic oxidation sites excluding steroid dienone is 4. The zero-order chi connectivity index (χ0) is 27.2. The second-order valence-electron chi connectivity index (χ2n) is 8.46. The van der Waals surface area contributed by atoms with Crippen molar-refractivity contribution in [1.82, 2.24) is 10.3 Å². The van der Waals surface area contributed by atoms with Crippen LogP contribution < -0.4 is 14.8 Å². The second-order valence-corrected chi connectivity index (χ2v) is 8.46. The van der Waals surface area contributed by atoms with E-state index in [0.29, 0.717) is 13.0 Å². The summed E-state index contributed by atoms with van der Waals surface area (Å²) in [5, 5.41) is 2.62. The number of amides is 1. The topological polar surface area (TPSA) is 122 Å². The Labute approximate surface area is 217 Å². The number of nitrogens with zero attached hydrogens (tertiary/aromatic N) is 1. The Morgan fingerprint density at radius 2 is 2.03 bits per heavy atom. The summed E-state index contributed by atoms with van der Waals surface area (Å²) in [6.45, 7) is 9.03. The van der Waals surface area contributed by atoms with Crippen LogP contribution in [0.3, 0.4) is 0 Å². The molecule has 10 heteroatoms. The molecule has 2 unspecified atom stereocenters. The van der Waals surface area contributed by atoms with Gasteiger partial charge in [0.25, 0.3) is 5.91 Å². The average Bonchev–Trinajstić information content (AvgIpc) is 2.94. The molecule has 1 N–H and O–H groups in total. The summed E-state index contributed by atoms with van der Waals surface area (Å²) in [6, 6.07) is 0.461. The predicted octanol–water partition coefficient (Wildman–Crippen LogP) is 3.52. The van der Waals surface area contributed by atoms with Crippen LogP contribution in [0.25, 0.3) is 0 Å². The van der Waals surface area contributed by atoms with Gasteiger partial charge in [-0.15, -0.1) is 13.2 Å². The van der Waals surface area contributed by atoms with Gasteiger partial charge in [-0.3, -0.25) is 9.59 Å². The third kappa shape index (κ3) is 9.38. The minimum absolute atomic E-state index is 0.0201. The lowest BCUT2D eigenvalue weighted by Gasteiger charge is -2.20. The van der Waals surface area contributed by atoms with Crippen molar-refractivity contribution in [1.29, 1.82) is 0 Å². The van der Waals surface area contributed by atoms with Gasteiger partial charge >= 0.3 is 11.9 Å². The zero-order valence-corrected chi connectivity index (χ0v) is 21.7. The fourth-order valence-corrected chi connectivity index (χ4v) is 3.97. The zero-order valence-electron chi connectivity index (χ0n) is 21.7. The minimum Gasteiger partial charge on any atom is -0.493 e. The molecule has 1 saturated heterocycles. The van der Waals surface area contributed by atoms with Gasteiger partial charge in [-0.05, 0) is 38.5 Å². The molecule has 0 radical (unpaired) electrons. The van der Waals surface area contributed by atoms with E-state index in [0.717, 1.165) is 19.3 Å². The minimum atomic E-state index is -1.04. The van der Waals surface area contributed by atoms with E-state index in [4.69, 9.17) is 23.7 Å². The number of hydrogen-bond donors (Lipinski definition) is 1. The molecule has 37 heavy (non-hydrogen) atoms. The first kappa shape index (κ1) is 29.6. The lowest BCUT2D eigenvalue weighted by molar-refractivity contribution is -0.151. The number of rotatable bonds is 8. The van der Waals surface area contributed by atoms with Gasteiger partial charge in [0, 0.05) is 25.8 Å². The number of aromatic nitrogens is 1. The number of hydrogen-bond acceptors (Lipinski definition) is 9. The lowest BCUT2D eigenvalue weighted by atomic mass is 9.92. The molecule has 0 saturated carbocycles. The van der Waals surface area contributed by atoms with Crippen molar-refractivity contribution in [3.63, 3.8) is 0 Å². The first-order chi connectivity index (χ1) is 17.9. The van der Waals surface area contributed by atoms with E-state index in [9.17, 15) is 14.4 Å². The van der Waals surface area contributed by atoms with Gasteiger partial charge in [0.05, 0.1) is 19.8 Å². The van der Waals surface area contributed by atoms with Crippen LogP contribution in [0.5, 0.6) is 11.5 Å². The Balaban J connectivity index is 0.00000235. The van der Waals surface area contributed by atoms with Crippen LogP contribution in [-0.2, 0) is 23.8 Å². The third-order valence-corrected chi connectivity index (χ3v) is 5.58. The van der Waals surface area contributed by atoms with E-state index in [-0.39, 0.29) is 35.8 Å². The maximum Gasteiger partial charge on any atom is 0.331 e. The highest BCUT2D eigenvalue weighted by molar-refractivity contribution is 5.98. The van der Waals surface area contributed by atoms with Crippen LogP contribution in [0.1, 0.15) is 50.0 Å². The van der Waals surface area contributed by atoms with Crippen molar-refractivity contribution < 1.29 is 38.1 Å². The molecule has 3 atom stereocenters. The molecule has 1 aliphatic heterocycles. The summed E-state index contributed by atoms with van der Waals surface area (Å²) in [7, 11) is 1.40. The number of cyclic esters (lactones) is 1. The van der Waals surface area contributed by atoms with Crippen molar-refractivity contribution >= 4 is 17.8 Å². The summed E-state index contributed by atoms with van der Waals surface area (Å²) in [5.74, 6) is -1.45. The molecule has 1 aromatic rings. The molecule has 2 aliphatic rings. The number of carbonyl (C=O) groups excluding carboxylic acids is 3. The summed E-state index contributed by atoms with van der Waals surface area (Å²) >= 11 is 0. The Bertz CT molecular complexity index is 991. The molecule has 0 bridgehead atoms. The van der Waals surface area contributed by atoms with E-state index in [2.05, 4.69) is 41.7 Å².